The predicted molar refractivity (Wildman–Crippen MR) is 143 cm³/mol. The minimum atomic E-state index is -0.217. The molecule has 6 rings (SSSR count). The van der Waals surface area contributed by atoms with Crippen molar-refractivity contribution in [3.8, 4) is 5.75 Å². The maximum atomic E-state index is 13.7. The summed E-state index contributed by atoms with van der Waals surface area (Å²) in [6.07, 6.45) is 3.53. The molecular formula is C27H18Br2N2O2S. The number of hydrogen-bond acceptors (Lipinski definition) is 4. The fourth-order valence-corrected chi connectivity index (χ4v) is 6.38. The first kappa shape index (κ1) is 21.8. The Morgan fingerprint density at radius 3 is 2.59 bits per heavy atom. The summed E-state index contributed by atoms with van der Waals surface area (Å²) < 4.78 is 4.20. The van der Waals surface area contributed by atoms with Crippen LogP contribution in [0.15, 0.2) is 91.0 Å². The lowest BCUT2D eigenvalue weighted by molar-refractivity contribution is 0.474. The van der Waals surface area contributed by atoms with Crippen LogP contribution in [0.2, 0.25) is 0 Å². The number of rotatable bonds is 2. The van der Waals surface area contributed by atoms with Gasteiger partial charge in [0, 0.05) is 20.1 Å². The van der Waals surface area contributed by atoms with Crippen molar-refractivity contribution in [1.82, 2.24) is 4.57 Å². The summed E-state index contributed by atoms with van der Waals surface area (Å²) in [5.74, 6) is 0.131. The monoisotopic (exact) mass is 592 g/mol. The highest BCUT2D eigenvalue weighted by molar-refractivity contribution is 9.10. The first-order valence-corrected chi connectivity index (χ1v) is 13.3. The van der Waals surface area contributed by atoms with Crippen LogP contribution in [0.5, 0.6) is 5.75 Å². The summed E-state index contributed by atoms with van der Waals surface area (Å²) in [6.45, 7) is 0. The molecule has 1 aromatic heterocycles. The standard InChI is InChI=1S/C27H18Br2N2O2S/c28-18-8-5-16(6-9-18)25-21-11-7-15-3-1-2-4-20(15)24(21)30-27-31(25)26(33)23(34-27)14-17-13-19(29)10-12-22(17)32/h1-6,8-10,12-14,25,32H,7,11H2/b23-14-. The van der Waals surface area contributed by atoms with E-state index in [0.29, 0.717) is 14.9 Å². The molecule has 3 aromatic carbocycles. The molecule has 2 aliphatic rings. The lowest BCUT2D eigenvalue weighted by atomic mass is 9.83. The van der Waals surface area contributed by atoms with E-state index in [1.165, 1.54) is 22.5 Å². The van der Waals surface area contributed by atoms with Crippen molar-refractivity contribution >= 4 is 55.0 Å². The van der Waals surface area contributed by atoms with Gasteiger partial charge in [-0.25, -0.2) is 4.99 Å². The lowest BCUT2D eigenvalue weighted by Gasteiger charge is -2.30. The molecule has 0 radical (unpaired) electrons. The number of phenolic OH excluding ortho intramolecular Hbond substituents is 1. The summed E-state index contributed by atoms with van der Waals surface area (Å²) in [5.41, 5.74) is 6.14. The van der Waals surface area contributed by atoms with Gasteiger partial charge in [-0.15, -0.1) is 0 Å². The average molecular weight is 594 g/mol. The molecule has 1 atom stereocenters. The molecule has 0 saturated heterocycles. The zero-order valence-electron chi connectivity index (χ0n) is 17.8. The van der Waals surface area contributed by atoms with Crippen LogP contribution < -0.4 is 14.9 Å². The third-order valence-electron chi connectivity index (χ3n) is 6.33. The predicted octanol–water partition coefficient (Wildman–Crippen LogP) is 5.55. The van der Waals surface area contributed by atoms with Crippen LogP contribution in [0.25, 0.3) is 11.8 Å². The van der Waals surface area contributed by atoms with Crippen molar-refractivity contribution in [1.29, 1.82) is 0 Å². The Labute approximate surface area is 216 Å². The van der Waals surface area contributed by atoms with Gasteiger partial charge in [-0.1, -0.05) is 79.6 Å². The van der Waals surface area contributed by atoms with E-state index in [1.807, 2.05) is 22.8 Å². The molecule has 2 heterocycles. The number of benzene rings is 3. The van der Waals surface area contributed by atoms with E-state index in [9.17, 15) is 9.90 Å². The van der Waals surface area contributed by atoms with E-state index in [0.717, 1.165) is 38.6 Å². The highest BCUT2D eigenvalue weighted by Crippen LogP contribution is 2.41. The van der Waals surface area contributed by atoms with E-state index in [1.54, 1.807) is 24.3 Å². The maximum Gasteiger partial charge on any atom is 0.271 e. The van der Waals surface area contributed by atoms with Crippen molar-refractivity contribution in [3.63, 3.8) is 0 Å². The zero-order chi connectivity index (χ0) is 23.4. The molecule has 34 heavy (non-hydrogen) atoms. The van der Waals surface area contributed by atoms with Crippen molar-refractivity contribution in [2.24, 2.45) is 4.99 Å². The number of aromatic hydroxyl groups is 1. The number of hydrogen-bond donors (Lipinski definition) is 1. The first-order chi connectivity index (χ1) is 16.5. The van der Waals surface area contributed by atoms with E-state index in [-0.39, 0.29) is 17.4 Å². The lowest BCUT2D eigenvalue weighted by Crippen LogP contribution is -2.38. The molecule has 1 aliphatic heterocycles. The molecule has 1 unspecified atom stereocenters. The molecule has 1 N–H and O–H groups in total. The van der Waals surface area contributed by atoms with Crippen LogP contribution in [-0.4, -0.2) is 9.67 Å². The zero-order valence-corrected chi connectivity index (χ0v) is 21.8. The summed E-state index contributed by atoms with van der Waals surface area (Å²) in [5, 5.41) is 10.3. The molecule has 0 spiro atoms. The smallest absolute Gasteiger partial charge is 0.271 e. The van der Waals surface area contributed by atoms with Crippen molar-refractivity contribution in [3.05, 3.63) is 123 Å². The summed E-state index contributed by atoms with van der Waals surface area (Å²) in [7, 11) is 0. The summed E-state index contributed by atoms with van der Waals surface area (Å²) >= 11 is 8.34. The number of allylic oxidation sites excluding steroid dienone is 1. The third-order valence-corrected chi connectivity index (χ3v) is 8.34. The fourth-order valence-electron chi connectivity index (χ4n) is 4.75. The minimum Gasteiger partial charge on any atom is -0.507 e. The molecule has 0 amide bonds. The second-order valence-electron chi connectivity index (χ2n) is 8.37. The second kappa shape index (κ2) is 8.48. The van der Waals surface area contributed by atoms with Crippen LogP contribution in [0.4, 0.5) is 0 Å². The van der Waals surface area contributed by atoms with Crippen molar-refractivity contribution in [2.75, 3.05) is 0 Å². The number of thiazole rings is 1. The van der Waals surface area contributed by atoms with Gasteiger partial charge < -0.3 is 5.11 Å². The highest BCUT2D eigenvalue weighted by Gasteiger charge is 2.32. The van der Waals surface area contributed by atoms with E-state index in [4.69, 9.17) is 4.99 Å². The summed E-state index contributed by atoms with van der Waals surface area (Å²) in [6, 6.07) is 21.6. The second-order valence-corrected chi connectivity index (χ2v) is 11.2. The first-order valence-electron chi connectivity index (χ1n) is 10.9. The maximum absolute atomic E-state index is 13.7. The van der Waals surface area contributed by atoms with Crippen LogP contribution in [0.3, 0.4) is 0 Å². The number of phenols is 1. The number of aryl methyl sites for hydroxylation is 1. The molecule has 0 bridgehead atoms. The SMILES string of the molecule is O=c1/c(=C/c2cc(Br)ccc2O)sc2n1C(c1ccc(Br)cc1)C1=C(N=2)c2ccccc2CC1. The average Bonchev–Trinajstić information content (AvgIpc) is 3.15. The molecule has 0 fully saturated rings. The number of fused-ring (bicyclic) bond motifs is 3. The molecule has 4 nitrogen and oxygen atoms in total. The largest absolute Gasteiger partial charge is 0.507 e. The van der Waals surface area contributed by atoms with Gasteiger partial charge in [0.1, 0.15) is 5.75 Å². The summed E-state index contributed by atoms with van der Waals surface area (Å²) in [4.78, 5) is 19.4. The van der Waals surface area contributed by atoms with E-state index >= 15 is 0 Å². The molecule has 4 aromatic rings. The van der Waals surface area contributed by atoms with Crippen LogP contribution in [-0.2, 0) is 6.42 Å². The molecule has 7 heteroatoms. The Morgan fingerprint density at radius 2 is 1.76 bits per heavy atom. The Kier molecular flexibility index (Phi) is 5.43. The Morgan fingerprint density at radius 1 is 1.00 bits per heavy atom. The molecule has 168 valence electrons. The van der Waals surface area contributed by atoms with Gasteiger partial charge in [-0.2, -0.15) is 0 Å². The van der Waals surface area contributed by atoms with Gasteiger partial charge in [-0.05, 0) is 65.9 Å². The number of nitrogens with zero attached hydrogens (tertiary/aromatic N) is 2. The number of halogens is 2. The van der Waals surface area contributed by atoms with Crippen LogP contribution in [0.1, 0.15) is 34.7 Å². The Balaban J connectivity index is 1.64. The number of aromatic nitrogens is 1. The van der Waals surface area contributed by atoms with Crippen LogP contribution in [0, 0.1) is 0 Å². The fraction of sp³-hybridized carbons (Fsp3) is 0.111. The Hall–Kier alpha value is -2.74. The Bertz CT molecular complexity index is 1670. The van der Waals surface area contributed by atoms with Gasteiger partial charge in [0.25, 0.3) is 5.56 Å². The molecule has 0 saturated carbocycles. The quantitative estimate of drug-likeness (QED) is 0.331. The highest BCUT2D eigenvalue weighted by atomic mass is 79.9. The van der Waals surface area contributed by atoms with Gasteiger partial charge in [0.2, 0.25) is 0 Å². The normalized spacial score (nSPS) is 17.1. The minimum absolute atomic E-state index is 0.0959. The van der Waals surface area contributed by atoms with Gasteiger partial charge in [0.05, 0.1) is 16.3 Å². The van der Waals surface area contributed by atoms with Crippen LogP contribution >= 0.6 is 43.2 Å². The third kappa shape index (κ3) is 3.63. The van der Waals surface area contributed by atoms with Gasteiger partial charge in [0.15, 0.2) is 4.80 Å². The van der Waals surface area contributed by atoms with E-state index in [2.05, 4.69) is 62.2 Å². The van der Waals surface area contributed by atoms with Gasteiger partial charge in [-0.3, -0.25) is 9.36 Å². The van der Waals surface area contributed by atoms with Gasteiger partial charge >= 0.3 is 0 Å². The van der Waals surface area contributed by atoms with E-state index < -0.39 is 0 Å². The topological polar surface area (TPSA) is 54.6 Å². The van der Waals surface area contributed by atoms with Crippen molar-refractivity contribution < 1.29 is 5.11 Å². The van der Waals surface area contributed by atoms with Crippen molar-refractivity contribution in [2.45, 2.75) is 18.9 Å². The molecular weight excluding hydrogens is 576 g/mol. The molecule has 1 aliphatic carbocycles.